The van der Waals surface area contributed by atoms with Gasteiger partial charge in [0.15, 0.2) is 0 Å². The number of hydrogen-bond donors (Lipinski definition) is 1. The molecule has 1 heterocycles. The van der Waals surface area contributed by atoms with Crippen LogP contribution in [-0.4, -0.2) is 35.3 Å². The number of benzene rings is 6. The van der Waals surface area contributed by atoms with Crippen LogP contribution in [0.15, 0.2) is 158 Å². The maximum atomic E-state index is 11.9. The average Bonchev–Trinajstić information content (AvgIpc) is 3.15. The lowest BCUT2D eigenvalue weighted by Crippen LogP contribution is -2.46. The monoisotopic (exact) mass is 633 g/mol. The van der Waals surface area contributed by atoms with Crippen LogP contribution in [-0.2, 0) is 28.3 Å². The van der Waals surface area contributed by atoms with E-state index in [1.165, 1.54) is 15.7 Å². The van der Waals surface area contributed by atoms with Gasteiger partial charge in [0.2, 0.25) is 0 Å². The lowest BCUT2D eigenvalue weighted by atomic mass is 9.80. The van der Waals surface area contributed by atoms with Gasteiger partial charge in [0.1, 0.15) is 5.60 Å². The lowest BCUT2D eigenvalue weighted by molar-refractivity contribution is -0.0199. The Bertz CT molecular complexity index is 1850. The standard InChI is InChI=1S/C43H39NO4/c45-42(46)44-27-26-40(41(29-44)47-30-33-22-23-34-12-10-11-13-36(34)28-33)35-24-20-32(21-25-35)31-48-43(37-14-4-1-5-15-37,38-16-6-2-7-17-38)39-18-8-3-9-19-39/h1-25,28,40-41H,26-27,29-31H2,(H,45,46). The minimum Gasteiger partial charge on any atom is -0.465 e. The quantitative estimate of drug-likeness (QED) is 0.153. The molecule has 5 nitrogen and oxygen atoms in total. The van der Waals surface area contributed by atoms with Gasteiger partial charge in [0.05, 0.1) is 25.9 Å². The molecule has 48 heavy (non-hydrogen) atoms. The topological polar surface area (TPSA) is 59.0 Å². The third-order valence-corrected chi connectivity index (χ3v) is 9.51. The van der Waals surface area contributed by atoms with E-state index in [-0.39, 0.29) is 12.0 Å². The first-order chi connectivity index (χ1) is 23.6. The molecule has 6 aromatic rings. The second kappa shape index (κ2) is 14.3. The van der Waals surface area contributed by atoms with Crippen molar-refractivity contribution in [3.63, 3.8) is 0 Å². The normalized spacial score (nSPS) is 16.5. The molecule has 0 bridgehead atoms. The van der Waals surface area contributed by atoms with E-state index in [2.05, 4.69) is 127 Å². The highest BCUT2D eigenvalue weighted by Gasteiger charge is 2.38. The molecule has 1 aliphatic heterocycles. The van der Waals surface area contributed by atoms with E-state index in [4.69, 9.17) is 9.47 Å². The summed E-state index contributed by atoms with van der Waals surface area (Å²) in [5.74, 6) is 0.0769. The molecule has 5 heteroatoms. The van der Waals surface area contributed by atoms with Crippen molar-refractivity contribution in [1.82, 2.24) is 4.90 Å². The second-order valence-electron chi connectivity index (χ2n) is 12.5. The Hall–Kier alpha value is -5.23. The van der Waals surface area contributed by atoms with Crippen molar-refractivity contribution < 1.29 is 19.4 Å². The van der Waals surface area contributed by atoms with Gasteiger partial charge in [-0.15, -0.1) is 0 Å². The predicted octanol–water partition coefficient (Wildman–Crippen LogP) is 9.40. The minimum absolute atomic E-state index is 0.0769. The number of carbonyl (C=O) groups is 1. The van der Waals surface area contributed by atoms with Gasteiger partial charge in [-0.3, -0.25) is 0 Å². The van der Waals surface area contributed by atoms with E-state index in [1.54, 1.807) is 0 Å². The minimum atomic E-state index is -0.904. The fourth-order valence-corrected chi connectivity index (χ4v) is 6.99. The first kappa shape index (κ1) is 31.4. The molecule has 2 atom stereocenters. The molecule has 1 fully saturated rings. The molecule has 1 N–H and O–H groups in total. The molecule has 0 radical (unpaired) electrons. The number of carboxylic acid groups (broad SMARTS) is 1. The fraction of sp³-hybridized carbons (Fsp3) is 0.186. The van der Waals surface area contributed by atoms with Crippen LogP contribution < -0.4 is 0 Å². The van der Waals surface area contributed by atoms with E-state index >= 15 is 0 Å². The van der Waals surface area contributed by atoms with Gasteiger partial charge in [-0.05, 0) is 56.6 Å². The Labute approximate surface area is 282 Å². The van der Waals surface area contributed by atoms with E-state index in [0.717, 1.165) is 33.4 Å². The molecule has 6 aromatic carbocycles. The van der Waals surface area contributed by atoms with Crippen molar-refractivity contribution in [3.05, 3.63) is 191 Å². The summed E-state index contributed by atoms with van der Waals surface area (Å²) in [5.41, 5.74) is 5.68. The molecular formula is C43H39NO4. The van der Waals surface area contributed by atoms with Crippen LogP contribution in [0.1, 0.15) is 45.7 Å². The van der Waals surface area contributed by atoms with Crippen LogP contribution in [0, 0.1) is 0 Å². The van der Waals surface area contributed by atoms with Crippen molar-refractivity contribution in [2.75, 3.05) is 13.1 Å². The van der Waals surface area contributed by atoms with E-state index in [0.29, 0.717) is 32.7 Å². The van der Waals surface area contributed by atoms with Gasteiger partial charge in [0, 0.05) is 12.5 Å². The zero-order chi connectivity index (χ0) is 32.8. The summed E-state index contributed by atoms with van der Waals surface area (Å²) in [6, 6.07) is 54.4. The Morgan fingerprint density at radius 3 is 1.77 bits per heavy atom. The Morgan fingerprint density at radius 1 is 0.646 bits per heavy atom. The fourth-order valence-electron chi connectivity index (χ4n) is 6.99. The maximum Gasteiger partial charge on any atom is 0.407 e. The highest BCUT2D eigenvalue weighted by atomic mass is 16.5. The van der Waals surface area contributed by atoms with Crippen LogP contribution in [0.5, 0.6) is 0 Å². The lowest BCUT2D eigenvalue weighted by Gasteiger charge is -2.37. The van der Waals surface area contributed by atoms with Crippen LogP contribution in [0.2, 0.25) is 0 Å². The number of nitrogens with zero attached hydrogens (tertiary/aromatic N) is 1. The molecule has 0 aliphatic carbocycles. The van der Waals surface area contributed by atoms with Crippen LogP contribution in [0.3, 0.4) is 0 Å². The summed E-state index contributed by atoms with van der Waals surface area (Å²) in [6.07, 6.45) is -0.465. The second-order valence-corrected chi connectivity index (χ2v) is 12.5. The number of hydrogen-bond acceptors (Lipinski definition) is 3. The van der Waals surface area contributed by atoms with Crippen molar-refractivity contribution >= 4 is 16.9 Å². The van der Waals surface area contributed by atoms with Gasteiger partial charge in [-0.1, -0.05) is 152 Å². The molecule has 1 amide bonds. The maximum absolute atomic E-state index is 11.9. The molecule has 0 saturated carbocycles. The van der Waals surface area contributed by atoms with Crippen LogP contribution in [0.4, 0.5) is 4.79 Å². The smallest absolute Gasteiger partial charge is 0.407 e. The summed E-state index contributed by atoms with van der Waals surface area (Å²) in [5, 5.41) is 12.1. The van der Waals surface area contributed by atoms with Crippen molar-refractivity contribution in [3.8, 4) is 0 Å². The third kappa shape index (κ3) is 6.61. The highest BCUT2D eigenvalue weighted by molar-refractivity contribution is 5.82. The van der Waals surface area contributed by atoms with E-state index in [9.17, 15) is 9.90 Å². The largest absolute Gasteiger partial charge is 0.465 e. The molecule has 1 saturated heterocycles. The summed E-state index contributed by atoms with van der Waals surface area (Å²) >= 11 is 0. The molecule has 2 unspecified atom stereocenters. The molecule has 7 rings (SSSR count). The van der Waals surface area contributed by atoms with Crippen LogP contribution >= 0.6 is 0 Å². The molecule has 0 spiro atoms. The van der Waals surface area contributed by atoms with Crippen molar-refractivity contribution in [2.45, 2.75) is 37.3 Å². The zero-order valence-corrected chi connectivity index (χ0v) is 26.8. The molecular weight excluding hydrogens is 594 g/mol. The Kier molecular flexibility index (Phi) is 9.32. The van der Waals surface area contributed by atoms with Crippen molar-refractivity contribution in [1.29, 1.82) is 0 Å². The Balaban J connectivity index is 1.13. The predicted molar refractivity (Wildman–Crippen MR) is 190 cm³/mol. The number of rotatable bonds is 10. The van der Waals surface area contributed by atoms with E-state index < -0.39 is 11.7 Å². The number of amides is 1. The summed E-state index contributed by atoms with van der Waals surface area (Å²) in [7, 11) is 0. The molecule has 240 valence electrons. The first-order valence-corrected chi connectivity index (χ1v) is 16.6. The highest BCUT2D eigenvalue weighted by Crippen LogP contribution is 2.41. The third-order valence-electron chi connectivity index (χ3n) is 9.51. The van der Waals surface area contributed by atoms with Gasteiger partial charge in [-0.2, -0.15) is 0 Å². The zero-order valence-electron chi connectivity index (χ0n) is 26.8. The van der Waals surface area contributed by atoms with Gasteiger partial charge < -0.3 is 19.5 Å². The number of fused-ring (bicyclic) bond motifs is 1. The molecule has 1 aliphatic rings. The molecule has 0 aromatic heterocycles. The van der Waals surface area contributed by atoms with Crippen LogP contribution in [0.25, 0.3) is 10.8 Å². The van der Waals surface area contributed by atoms with Gasteiger partial charge in [-0.25, -0.2) is 4.79 Å². The average molecular weight is 634 g/mol. The van der Waals surface area contributed by atoms with Gasteiger partial charge in [0.25, 0.3) is 0 Å². The number of piperidine rings is 1. The van der Waals surface area contributed by atoms with Crippen molar-refractivity contribution in [2.24, 2.45) is 0 Å². The number of ether oxygens (including phenoxy) is 2. The number of likely N-dealkylation sites (tertiary alicyclic amines) is 1. The summed E-state index contributed by atoms with van der Waals surface area (Å²) in [4.78, 5) is 13.4. The SMILES string of the molecule is O=C(O)N1CCC(c2ccc(COC(c3ccccc3)(c3ccccc3)c3ccccc3)cc2)C(OCc2ccc3ccccc3c2)C1. The Morgan fingerprint density at radius 2 is 1.19 bits per heavy atom. The summed E-state index contributed by atoms with van der Waals surface area (Å²) in [6.45, 7) is 1.64. The van der Waals surface area contributed by atoms with E-state index in [1.807, 2.05) is 30.3 Å². The summed E-state index contributed by atoms with van der Waals surface area (Å²) < 4.78 is 13.5. The first-order valence-electron chi connectivity index (χ1n) is 16.6. The van der Waals surface area contributed by atoms with Gasteiger partial charge >= 0.3 is 6.09 Å².